The van der Waals surface area contributed by atoms with E-state index in [-0.39, 0.29) is 0 Å². The lowest BCUT2D eigenvalue weighted by Crippen LogP contribution is -2.21. The van der Waals surface area contributed by atoms with E-state index >= 15 is 0 Å². The summed E-state index contributed by atoms with van der Waals surface area (Å²) >= 11 is 6.18. The van der Waals surface area contributed by atoms with Gasteiger partial charge in [-0.05, 0) is 17.7 Å². The molecule has 1 aromatic heterocycles. The molecule has 6 nitrogen and oxygen atoms in total. The van der Waals surface area contributed by atoms with Gasteiger partial charge >= 0.3 is 0 Å². The van der Waals surface area contributed by atoms with E-state index in [2.05, 4.69) is 17.0 Å². The lowest BCUT2D eigenvalue weighted by Gasteiger charge is -2.21. The molecule has 2 heterocycles. The average molecular weight is 336 g/mol. The Balaban J connectivity index is 1.60. The summed E-state index contributed by atoms with van der Waals surface area (Å²) in [6, 6.07) is 3.47. The maximum absolute atomic E-state index is 10.3. The zero-order valence-corrected chi connectivity index (χ0v) is 13.3. The van der Waals surface area contributed by atoms with Crippen LogP contribution in [0.5, 0.6) is 11.5 Å². The minimum absolute atomic E-state index is 0.384. The minimum atomic E-state index is -0.697. The number of nitrogens with zero attached hydrogens (tertiary/aromatic N) is 2. The van der Waals surface area contributed by atoms with Crippen molar-refractivity contribution in [1.82, 2.24) is 15.1 Å². The SMILES string of the molecule is C=Cn1cc(CNC[C@H](O)c2cc(Cl)c3c(c2)OCCO3)cn1. The molecule has 0 spiro atoms. The first-order chi connectivity index (χ1) is 11.2. The van der Waals surface area contributed by atoms with Gasteiger partial charge in [0.15, 0.2) is 11.5 Å². The third-order valence-corrected chi connectivity index (χ3v) is 3.79. The van der Waals surface area contributed by atoms with Crippen molar-refractivity contribution in [3.63, 3.8) is 0 Å². The molecule has 3 rings (SSSR count). The van der Waals surface area contributed by atoms with E-state index in [1.54, 1.807) is 29.2 Å². The highest BCUT2D eigenvalue weighted by Crippen LogP contribution is 2.39. The third kappa shape index (κ3) is 3.67. The van der Waals surface area contributed by atoms with Gasteiger partial charge < -0.3 is 19.9 Å². The second kappa shape index (κ2) is 7.04. The summed E-state index contributed by atoms with van der Waals surface area (Å²) in [6.45, 7) is 5.59. The Bertz CT molecular complexity index is 702. The van der Waals surface area contributed by atoms with Gasteiger partial charge in [0.1, 0.15) is 13.2 Å². The number of hydrogen-bond donors (Lipinski definition) is 2. The number of ether oxygens (including phenoxy) is 2. The normalized spacial score (nSPS) is 14.5. The van der Waals surface area contributed by atoms with Crippen molar-refractivity contribution in [3.05, 3.63) is 47.3 Å². The summed E-state index contributed by atoms with van der Waals surface area (Å²) in [5.74, 6) is 1.11. The molecule has 1 aromatic carbocycles. The zero-order chi connectivity index (χ0) is 16.2. The molecule has 0 fully saturated rings. The van der Waals surface area contributed by atoms with Gasteiger partial charge in [-0.25, -0.2) is 4.68 Å². The predicted molar refractivity (Wildman–Crippen MR) is 87.7 cm³/mol. The summed E-state index contributed by atoms with van der Waals surface area (Å²) < 4.78 is 12.6. The summed E-state index contributed by atoms with van der Waals surface area (Å²) in [7, 11) is 0. The maximum Gasteiger partial charge on any atom is 0.179 e. The summed E-state index contributed by atoms with van der Waals surface area (Å²) in [5.41, 5.74) is 1.70. The number of benzene rings is 1. The molecular formula is C16H18ClN3O3. The molecule has 0 unspecified atom stereocenters. The van der Waals surface area contributed by atoms with Gasteiger partial charge in [-0.15, -0.1) is 0 Å². The Hall–Kier alpha value is -2.02. The van der Waals surface area contributed by atoms with Crippen molar-refractivity contribution in [2.45, 2.75) is 12.6 Å². The van der Waals surface area contributed by atoms with E-state index in [1.807, 2.05) is 6.20 Å². The van der Waals surface area contributed by atoms with E-state index in [0.29, 0.717) is 48.4 Å². The lowest BCUT2D eigenvalue weighted by atomic mass is 10.1. The standard InChI is InChI=1S/C16H18ClN3O3/c1-2-20-10-11(8-19-20)7-18-9-14(21)12-5-13(17)16-15(6-12)22-3-4-23-16/h2,5-6,8,10,14,18,21H,1,3-4,7,9H2/t14-/m0/s1. The molecular weight excluding hydrogens is 318 g/mol. The molecule has 1 aliphatic heterocycles. The Kier molecular flexibility index (Phi) is 4.85. The third-order valence-electron chi connectivity index (χ3n) is 3.51. The first-order valence-corrected chi connectivity index (χ1v) is 7.68. The number of nitrogens with one attached hydrogen (secondary N) is 1. The number of halogens is 1. The van der Waals surface area contributed by atoms with Crippen molar-refractivity contribution < 1.29 is 14.6 Å². The Morgan fingerprint density at radius 3 is 3.04 bits per heavy atom. The fourth-order valence-electron chi connectivity index (χ4n) is 2.36. The second-order valence-electron chi connectivity index (χ2n) is 5.18. The van der Waals surface area contributed by atoms with Crippen LogP contribution in [0.25, 0.3) is 6.20 Å². The smallest absolute Gasteiger partial charge is 0.179 e. The van der Waals surface area contributed by atoms with E-state index in [0.717, 1.165) is 5.56 Å². The Morgan fingerprint density at radius 1 is 1.43 bits per heavy atom. The van der Waals surface area contributed by atoms with Crippen LogP contribution < -0.4 is 14.8 Å². The number of aliphatic hydroxyl groups is 1. The first kappa shape index (κ1) is 15.9. The molecule has 0 saturated heterocycles. The summed E-state index contributed by atoms with van der Waals surface area (Å²) in [4.78, 5) is 0. The van der Waals surface area contributed by atoms with Gasteiger partial charge in [-0.1, -0.05) is 18.2 Å². The second-order valence-corrected chi connectivity index (χ2v) is 5.59. The van der Waals surface area contributed by atoms with Crippen LogP contribution in [-0.2, 0) is 6.54 Å². The Morgan fingerprint density at radius 2 is 2.26 bits per heavy atom. The molecule has 122 valence electrons. The monoisotopic (exact) mass is 335 g/mol. The molecule has 7 heteroatoms. The van der Waals surface area contributed by atoms with Gasteiger partial charge in [0, 0.05) is 31.0 Å². The number of fused-ring (bicyclic) bond motifs is 1. The molecule has 1 atom stereocenters. The van der Waals surface area contributed by atoms with Crippen LogP contribution in [0.3, 0.4) is 0 Å². The lowest BCUT2D eigenvalue weighted by molar-refractivity contribution is 0.163. The van der Waals surface area contributed by atoms with Gasteiger partial charge in [0.05, 0.1) is 17.3 Å². The number of hydrogen-bond acceptors (Lipinski definition) is 5. The van der Waals surface area contributed by atoms with E-state index in [1.165, 1.54) is 0 Å². The highest BCUT2D eigenvalue weighted by Gasteiger charge is 2.19. The molecule has 2 N–H and O–H groups in total. The summed E-state index contributed by atoms with van der Waals surface area (Å²) in [5, 5.41) is 18.1. The van der Waals surface area contributed by atoms with Crippen LogP contribution in [0, 0.1) is 0 Å². The number of aliphatic hydroxyl groups excluding tert-OH is 1. The quantitative estimate of drug-likeness (QED) is 0.847. The van der Waals surface area contributed by atoms with Crippen LogP contribution in [0.2, 0.25) is 5.02 Å². The van der Waals surface area contributed by atoms with Crippen LogP contribution >= 0.6 is 11.6 Å². The van der Waals surface area contributed by atoms with Gasteiger partial charge in [-0.3, -0.25) is 0 Å². The van der Waals surface area contributed by atoms with Crippen LogP contribution in [-0.4, -0.2) is 34.6 Å². The molecule has 0 aliphatic carbocycles. The topological polar surface area (TPSA) is 68.5 Å². The zero-order valence-electron chi connectivity index (χ0n) is 12.5. The van der Waals surface area contributed by atoms with Gasteiger partial charge in [0.2, 0.25) is 0 Å². The van der Waals surface area contributed by atoms with Crippen LogP contribution in [0.1, 0.15) is 17.2 Å². The molecule has 0 bridgehead atoms. The predicted octanol–water partition coefficient (Wildman–Crippen LogP) is 2.23. The summed E-state index contributed by atoms with van der Waals surface area (Å²) in [6.07, 6.45) is 4.54. The highest BCUT2D eigenvalue weighted by atomic mass is 35.5. The number of rotatable bonds is 6. The molecule has 0 radical (unpaired) electrons. The Labute approximate surface area is 139 Å². The van der Waals surface area contributed by atoms with Crippen LogP contribution in [0.4, 0.5) is 0 Å². The molecule has 1 aliphatic rings. The van der Waals surface area contributed by atoms with Gasteiger partial charge in [0.25, 0.3) is 0 Å². The number of aromatic nitrogens is 2. The van der Waals surface area contributed by atoms with E-state index < -0.39 is 6.10 Å². The average Bonchev–Trinajstić information content (AvgIpc) is 3.02. The maximum atomic E-state index is 10.3. The van der Waals surface area contributed by atoms with Crippen molar-refractivity contribution >= 4 is 17.8 Å². The molecule has 0 saturated carbocycles. The van der Waals surface area contributed by atoms with Crippen molar-refractivity contribution in [2.75, 3.05) is 19.8 Å². The van der Waals surface area contributed by atoms with E-state index in [9.17, 15) is 5.11 Å². The minimum Gasteiger partial charge on any atom is -0.486 e. The van der Waals surface area contributed by atoms with Crippen molar-refractivity contribution in [3.8, 4) is 11.5 Å². The van der Waals surface area contributed by atoms with Crippen LogP contribution in [0.15, 0.2) is 31.1 Å². The van der Waals surface area contributed by atoms with E-state index in [4.69, 9.17) is 21.1 Å². The molecule has 0 amide bonds. The highest BCUT2D eigenvalue weighted by molar-refractivity contribution is 6.32. The fourth-order valence-corrected chi connectivity index (χ4v) is 2.64. The first-order valence-electron chi connectivity index (χ1n) is 7.31. The van der Waals surface area contributed by atoms with Gasteiger partial charge in [-0.2, -0.15) is 5.10 Å². The molecule has 23 heavy (non-hydrogen) atoms. The van der Waals surface area contributed by atoms with Crippen molar-refractivity contribution in [2.24, 2.45) is 0 Å². The van der Waals surface area contributed by atoms with Crippen molar-refractivity contribution in [1.29, 1.82) is 0 Å². The fraction of sp³-hybridized carbons (Fsp3) is 0.312. The largest absolute Gasteiger partial charge is 0.486 e. The molecule has 2 aromatic rings.